The van der Waals surface area contributed by atoms with Gasteiger partial charge in [-0.15, -0.1) is 0 Å². The van der Waals surface area contributed by atoms with Crippen LogP contribution in [-0.2, 0) is 6.42 Å². The van der Waals surface area contributed by atoms with Gasteiger partial charge in [0.2, 0.25) is 0 Å². The fraction of sp³-hybridized carbons (Fsp3) is 0.0952. The quantitative estimate of drug-likeness (QED) is 0.864. The van der Waals surface area contributed by atoms with E-state index in [4.69, 9.17) is 0 Å². The van der Waals surface area contributed by atoms with E-state index in [0.717, 1.165) is 28.1 Å². The first-order valence-electron chi connectivity index (χ1n) is 7.99. The number of hydrogen-bond acceptors (Lipinski definition) is 3. The van der Waals surface area contributed by atoms with Gasteiger partial charge in [-0.1, -0.05) is 30.3 Å². The lowest BCUT2D eigenvalue weighted by molar-refractivity contribution is 0.103. The summed E-state index contributed by atoms with van der Waals surface area (Å²) in [5.41, 5.74) is 5.42. The van der Waals surface area contributed by atoms with E-state index in [1.165, 1.54) is 0 Å². The molecule has 2 aliphatic carbocycles. The highest BCUT2D eigenvalue weighted by atomic mass is 16.3. The van der Waals surface area contributed by atoms with E-state index in [-0.39, 0.29) is 11.5 Å². The fourth-order valence-electron chi connectivity index (χ4n) is 3.18. The lowest BCUT2D eigenvalue weighted by Gasteiger charge is -2.18. The zero-order valence-corrected chi connectivity index (χ0v) is 13.1. The van der Waals surface area contributed by atoms with Gasteiger partial charge < -0.3 is 10.4 Å². The minimum Gasteiger partial charge on any atom is -0.508 e. The molecule has 0 amide bonds. The molecule has 0 fully saturated rings. The van der Waals surface area contributed by atoms with E-state index in [1.807, 2.05) is 48.6 Å². The molecule has 0 aliphatic heterocycles. The highest BCUT2D eigenvalue weighted by molar-refractivity contribution is 6.13. The summed E-state index contributed by atoms with van der Waals surface area (Å²) in [5, 5.41) is 13.1. The highest BCUT2D eigenvalue weighted by Crippen LogP contribution is 2.33. The second-order valence-corrected chi connectivity index (χ2v) is 6.04. The summed E-state index contributed by atoms with van der Waals surface area (Å²) in [7, 11) is 0. The third-order valence-corrected chi connectivity index (χ3v) is 4.41. The summed E-state index contributed by atoms with van der Waals surface area (Å²) >= 11 is 0. The Morgan fingerprint density at radius 1 is 1.00 bits per heavy atom. The molecule has 2 aromatic carbocycles. The maximum absolute atomic E-state index is 12.8. The molecule has 0 unspecified atom stereocenters. The second kappa shape index (κ2) is 5.85. The van der Waals surface area contributed by atoms with Gasteiger partial charge in [0.05, 0.1) is 0 Å². The first-order valence-corrected chi connectivity index (χ1v) is 7.99. The summed E-state index contributed by atoms with van der Waals surface area (Å²) in [5.74, 6) is 0.114. The van der Waals surface area contributed by atoms with Gasteiger partial charge in [0.25, 0.3) is 0 Å². The molecule has 0 radical (unpaired) electrons. The molecular formula is C21H17NO2. The lowest BCUT2D eigenvalue weighted by Crippen LogP contribution is -2.11. The van der Waals surface area contributed by atoms with Crippen LogP contribution in [0, 0.1) is 0 Å². The van der Waals surface area contributed by atoms with Crippen molar-refractivity contribution in [1.82, 2.24) is 0 Å². The smallest absolute Gasteiger partial charge is 0.193 e. The Morgan fingerprint density at radius 3 is 2.67 bits per heavy atom. The molecule has 0 saturated carbocycles. The molecule has 0 saturated heterocycles. The third kappa shape index (κ3) is 2.65. The Balaban J connectivity index is 1.67. The predicted octanol–water partition coefficient (Wildman–Crippen LogP) is 4.38. The summed E-state index contributed by atoms with van der Waals surface area (Å²) in [6, 6.07) is 15.0. The highest BCUT2D eigenvalue weighted by Gasteiger charge is 2.24. The van der Waals surface area contributed by atoms with E-state index in [9.17, 15) is 9.90 Å². The molecule has 3 nitrogen and oxygen atoms in total. The van der Waals surface area contributed by atoms with Gasteiger partial charge >= 0.3 is 0 Å². The molecule has 3 heteroatoms. The average molecular weight is 315 g/mol. The molecule has 118 valence electrons. The maximum Gasteiger partial charge on any atom is 0.193 e. The van der Waals surface area contributed by atoms with E-state index in [2.05, 4.69) is 11.4 Å². The number of carbonyl (C=O) groups excluding carboxylic acids is 1. The van der Waals surface area contributed by atoms with Crippen LogP contribution in [0.1, 0.15) is 22.3 Å². The third-order valence-electron chi connectivity index (χ3n) is 4.41. The molecule has 0 heterocycles. The van der Waals surface area contributed by atoms with Crippen LogP contribution in [0.25, 0.3) is 0 Å². The number of hydrogen-bond donors (Lipinski definition) is 2. The van der Waals surface area contributed by atoms with Crippen molar-refractivity contribution in [1.29, 1.82) is 0 Å². The van der Waals surface area contributed by atoms with Crippen LogP contribution >= 0.6 is 0 Å². The van der Waals surface area contributed by atoms with E-state index < -0.39 is 0 Å². The van der Waals surface area contributed by atoms with Gasteiger partial charge in [-0.05, 0) is 54.0 Å². The molecule has 0 bridgehead atoms. The number of benzene rings is 2. The minimum atomic E-state index is -0.0142. The molecule has 4 rings (SSSR count). The number of ketones is 1. The van der Waals surface area contributed by atoms with Crippen LogP contribution in [-0.4, -0.2) is 10.9 Å². The number of aromatic hydroxyl groups is 1. The lowest BCUT2D eigenvalue weighted by atomic mass is 9.91. The summed E-state index contributed by atoms with van der Waals surface area (Å²) in [4.78, 5) is 12.8. The van der Waals surface area contributed by atoms with Crippen molar-refractivity contribution in [2.75, 3.05) is 5.32 Å². The SMILES string of the molecule is O=C1C2=CC=C(Nc3ccccc3)CC2=CCc2ccc(O)cc21. The summed E-state index contributed by atoms with van der Waals surface area (Å²) < 4.78 is 0. The molecule has 2 aliphatic rings. The van der Waals surface area contributed by atoms with Gasteiger partial charge in [0.1, 0.15) is 5.75 Å². The van der Waals surface area contributed by atoms with Crippen LogP contribution in [0.15, 0.2) is 83.6 Å². The van der Waals surface area contributed by atoms with Crippen LogP contribution in [0.3, 0.4) is 0 Å². The van der Waals surface area contributed by atoms with Crippen LogP contribution in [0.2, 0.25) is 0 Å². The molecule has 2 aromatic rings. The van der Waals surface area contributed by atoms with Crippen LogP contribution in [0.4, 0.5) is 5.69 Å². The fourth-order valence-corrected chi connectivity index (χ4v) is 3.18. The normalized spacial score (nSPS) is 16.2. The Morgan fingerprint density at radius 2 is 1.83 bits per heavy atom. The van der Waals surface area contributed by atoms with Crippen molar-refractivity contribution in [3.63, 3.8) is 0 Å². The Bertz CT molecular complexity index is 905. The first kappa shape index (κ1) is 14.5. The molecule has 0 spiro atoms. The number of Topliss-reactive ketones (excluding diaryl/α,β-unsaturated/α-hetero) is 1. The Kier molecular flexibility index (Phi) is 3.54. The number of anilines is 1. The number of para-hydroxylation sites is 1. The standard InChI is InChI=1S/C21H17NO2/c23-18-10-8-14-6-7-15-12-17(22-16-4-2-1-3-5-16)9-11-19(15)21(24)20(14)13-18/h1-5,7-11,13,22-23H,6,12H2. The van der Waals surface area contributed by atoms with Crippen molar-refractivity contribution in [3.8, 4) is 5.75 Å². The predicted molar refractivity (Wildman–Crippen MR) is 95.1 cm³/mol. The van der Waals surface area contributed by atoms with Crippen molar-refractivity contribution < 1.29 is 9.90 Å². The Labute approximate surface area is 140 Å². The largest absolute Gasteiger partial charge is 0.508 e. The summed E-state index contributed by atoms with van der Waals surface area (Å²) in [6.45, 7) is 0. The number of phenolic OH excluding ortho intramolecular Hbond substituents is 1. The first-order chi connectivity index (χ1) is 11.7. The van der Waals surface area contributed by atoms with Crippen LogP contribution < -0.4 is 5.32 Å². The molecule has 0 aromatic heterocycles. The monoisotopic (exact) mass is 315 g/mol. The molecular weight excluding hydrogens is 298 g/mol. The average Bonchev–Trinajstić information content (AvgIpc) is 2.73. The Hall–Kier alpha value is -3.07. The van der Waals surface area contributed by atoms with Crippen molar-refractivity contribution in [3.05, 3.63) is 94.7 Å². The molecule has 24 heavy (non-hydrogen) atoms. The number of rotatable bonds is 2. The van der Waals surface area contributed by atoms with Gasteiger partial charge in [-0.25, -0.2) is 0 Å². The van der Waals surface area contributed by atoms with Gasteiger partial charge in [-0.3, -0.25) is 4.79 Å². The topological polar surface area (TPSA) is 49.3 Å². The van der Waals surface area contributed by atoms with Gasteiger partial charge in [-0.2, -0.15) is 0 Å². The second-order valence-electron chi connectivity index (χ2n) is 6.04. The van der Waals surface area contributed by atoms with Gasteiger partial charge in [0.15, 0.2) is 5.78 Å². The van der Waals surface area contributed by atoms with Crippen molar-refractivity contribution >= 4 is 11.5 Å². The summed E-state index contributed by atoms with van der Waals surface area (Å²) in [6.07, 6.45) is 7.36. The number of phenols is 1. The van der Waals surface area contributed by atoms with Gasteiger partial charge in [0, 0.05) is 28.9 Å². The number of allylic oxidation sites excluding steroid dienone is 5. The number of fused-ring (bicyclic) bond motifs is 2. The number of nitrogens with one attached hydrogen (secondary N) is 1. The number of carbonyl (C=O) groups is 1. The van der Waals surface area contributed by atoms with Crippen molar-refractivity contribution in [2.45, 2.75) is 12.8 Å². The van der Waals surface area contributed by atoms with E-state index >= 15 is 0 Å². The minimum absolute atomic E-state index is 0.0142. The molecule has 0 atom stereocenters. The molecule has 2 N–H and O–H groups in total. The van der Waals surface area contributed by atoms with Crippen molar-refractivity contribution in [2.24, 2.45) is 0 Å². The zero-order valence-electron chi connectivity index (χ0n) is 13.1. The maximum atomic E-state index is 12.8. The van der Waals surface area contributed by atoms with E-state index in [0.29, 0.717) is 18.4 Å². The van der Waals surface area contributed by atoms with Crippen LogP contribution in [0.5, 0.6) is 5.75 Å². The zero-order chi connectivity index (χ0) is 16.5. The van der Waals surface area contributed by atoms with E-state index in [1.54, 1.807) is 12.1 Å².